The first kappa shape index (κ1) is 25.2. The van der Waals surface area contributed by atoms with Gasteiger partial charge in [-0.2, -0.15) is 0 Å². The van der Waals surface area contributed by atoms with Gasteiger partial charge in [-0.25, -0.2) is 8.42 Å². The number of benzene rings is 2. The fourth-order valence-electron chi connectivity index (χ4n) is 3.42. The largest absolute Gasteiger partial charge is 0.354 e. The van der Waals surface area contributed by atoms with Crippen LogP contribution in [-0.2, 0) is 14.8 Å². The standard InChI is InChI=1S/C24H33ClN2O3S/c1-5-7-8-20(6-2)16-26-24(28)17-27(23-14-11-21(25)15-19(23)4)31(29,30)22-12-9-18(3)10-13-22/h9-15,20H,5-8,16-17H2,1-4H3,(H,26,28)/t20-/m1/s1. The van der Waals surface area contributed by atoms with Crippen molar-refractivity contribution in [2.45, 2.75) is 58.3 Å². The molecule has 0 fully saturated rings. The van der Waals surface area contributed by atoms with Gasteiger partial charge in [-0.3, -0.25) is 9.10 Å². The molecule has 0 radical (unpaired) electrons. The smallest absolute Gasteiger partial charge is 0.264 e. The van der Waals surface area contributed by atoms with Crippen LogP contribution in [0.4, 0.5) is 5.69 Å². The number of unbranched alkanes of at least 4 members (excludes halogenated alkanes) is 1. The van der Waals surface area contributed by atoms with Crippen molar-refractivity contribution in [3.63, 3.8) is 0 Å². The van der Waals surface area contributed by atoms with Crippen LogP contribution in [-0.4, -0.2) is 27.4 Å². The predicted molar refractivity (Wildman–Crippen MR) is 128 cm³/mol. The van der Waals surface area contributed by atoms with Crippen LogP contribution in [0, 0.1) is 19.8 Å². The first-order chi connectivity index (χ1) is 14.7. The lowest BCUT2D eigenvalue weighted by molar-refractivity contribution is -0.119. The molecule has 0 aliphatic carbocycles. The maximum absolute atomic E-state index is 13.5. The molecular weight excluding hydrogens is 432 g/mol. The van der Waals surface area contributed by atoms with E-state index in [9.17, 15) is 13.2 Å². The molecule has 1 atom stereocenters. The molecule has 0 saturated carbocycles. The van der Waals surface area contributed by atoms with Gasteiger partial charge in [-0.05, 0) is 62.1 Å². The van der Waals surface area contributed by atoms with Crippen LogP contribution < -0.4 is 9.62 Å². The molecular formula is C24H33ClN2O3S. The van der Waals surface area contributed by atoms with Crippen molar-refractivity contribution in [1.82, 2.24) is 5.32 Å². The van der Waals surface area contributed by atoms with E-state index in [0.717, 1.165) is 31.2 Å². The zero-order valence-corrected chi connectivity index (χ0v) is 20.4. The third-order valence-corrected chi connectivity index (χ3v) is 7.46. The molecule has 1 N–H and O–H groups in total. The third kappa shape index (κ3) is 6.97. The molecule has 0 bridgehead atoms. The molecule has 170 valence electrons. The normalized spacial score (nSPS) is 12.4. The summed E-state index contributed by atoms with van der Waals surface area (Å²) in [5.41, 5.74) is 2.09. The number of nitrogens with zero attached hydrogens (tertiary/aromatic N) is 1. The Morgan fingerprint density at radius 1 is 1.10 bits per heavy atom. The molecule has 7 heteroatoms. The molecule has 2 rings (SSSR count). The lowest BCUT2D eigenvalue weighted by atomic mass is 9.99. The number of sulfonamides is 1. The Morgan fingerprint density at radius 2 is 1.77 bits per heavy atom. The summed E-state index contributed by atoms with van der Waals surface area (Å²) < 4.78 is 28.1. The molecule has 0 aromatic heterocycles. The second-order valence-electron chi connectivity index (χ2n) is 7.98. The minimum Gasteiger partial charge on any atom is -0.354 e. The molecule has 2 aromatic rings. The van der Waals surface area contributed by atoms with E-state index in [1.54, 1.807) is 49.4 Å². The molecule has 0 heterocycles. The Hall–Kier alpha value is -2.05. The summed E-state index contributed by atoms with van der Waals surface area (Å²) in [6, 6.07) is 11.6. The summed E-state index contributed by atoms with van der Waals surface area (Å²) in [7, 11) is -3.93. The van der Waals surface area contributed by atoms with E-state index >= 15 is 0 Å². The highest BCUT2D eigenvalue weighted by Gasteiger charge is 2.28. The fourth-order valence-corrected chi connectivity index (χ4v) is 5.14. The number of hydrogen-bond acceptors (Lipinski definition) is 3. The van der Waals surface area contributed by atoms with Gasteiger partial charge in [0.25, 0.3) is 10.0 Å². The van der Waals surface area contributed by atoms with E-state index in [4.69, 9.17) is 11.6 Å². The molecule has 2 aromatic carbocycles. The van der Waals surface area contributed by atoms with Crippen LogP contribution in [0.15, 0.2) is 47.4 Å². The number of rotatable bonds is 11. The van der Waals surface area contributed by atoms with Crippen molar-refractivity contribution < 1.29 is 13.2 Å². The van der Waals surface area contributed by atoms with Crippen LogP contribution in [0.1, 0.15) is 50.7 Å². The quantitative estimate of drug-likeness (QED) is 0.478. The second-order valence-corrected chi connectivity index (χ2v) is 10.3. The van der Waals surface area contributed by atoms with E-state index in [0.29, 0.717) is 28.7 Å². The first-order valence-corrected chi connectivity index (χ1v) is 12.6. The number of amides is 1. The average Bonchev–Trinajstić information content (AvgIpc) is 2.73. The average molecular weight is 465 g/mol. The molecule has 0 aliphatic heterocycles. The maximum Gasteiger partial charge on any atom is 0.264 e. The zero-order valence-electron chi connectivity index (χ0n) is 18.8. The minimum atomic E-state index is -3.93. The van der Waals surface area contributed by atoms with Crippen molar-refractivity contribution in [2.24, 2.45) is 5.92 Å². The van der Waals surface area contributed by atoms with Gasteiger partial charge in [0.15, 0.2) is 0 Å². The summed E-state index contributed by atoms with van der Waals surface area (Å²) in [5.74, 6) is 0.0725. The van der Waals surface area contributed by atoms with Gasteiger partial charge in [-0.15, -0.1) is 0 Å². The summed E-state index contributed by atoms with van der Waals surface area (Å²) in [6.45, 7) is 8.20. The van der Waals surface area contributed by atoms with Crippen molar-refractivity contribution >= 4 is 33.2 Å². The fraction of sp³-hybridized carbons (Fsp3) is 0.458. The number of anilines is 1. The maximum atomic E-state index is 13.5. The molecule has 0 spiro atoms. The third-order valence-electron chi connectivity index (χ3n) is 5.45. The van der Waals surface area contributed by atoms with E-state index in [1.807, 2.05) is 6.92 Å². The Balaban J connectivity index is 2.30. The number of hydrogen-bond donors (Lipinski definition) is 1. The molecule has 0 saturated heterocycles. The van der Waals surface area contributed by atoms with Crippen molar-refractivity contribution in [3.8, 4) is 0 Å². The highest BCUT2D eigenvalue weighted by molar-refractivity contribution is 7.92. The predicted octanol–water partition coefficient (Wildman–Crippen LogP) is 5.48. The van der Waals surface area contributed by atoms with E-state index in [-0.39, 0.29) is 17.3 Å². The second kappa shape index (κ2) is 11.5. The van der Waals surface area contributed by atoms with Crippen LogP contribution >= 0.6 is 11.6 Å². The number of carbonyl (C=O) groups excluding carboxylic acids is 1. The van der Waals surface area contributed by atoms with Crippen LogP contribution in [0.5, 0.6) is 0 Å². The number of halogens is 1. The Morgan fingerprint density at radius 3 is 2.35 bits per heavy atom. The van der Waals surface area contributed by atoms with Gasteiger partial charge >= 0.3 is 0 Å². The molecule has 0 aliphatic rings. The lowest BCUT2D eigenvalue weighted by Gasteiger charge is -2.26. The van der Waals surface area contributed by atoms with E-state index < -0.39 is 10.0 Å². The van der Waals surface area contributed by atoms with Gasteiger partial charge in [0.05, 0.1) is 10.6 Å². The van der Waals surface area contributed by atoms with Crippen LogP contribution in [0.3, 0.4) is 0 Å². The number of nitrogens with one attached hydrogen (secondary N) is 1. The summed E-state index contributed by atoms with van der Waals surface area (Å²) >= 11 is 6.07. The van der Waals surface area contributed by atoms with E-state index in [2.05, 4.69) is 19.2 Å². The van der Waals surface area contributed by atoms with E-state index in [1.165, 1.54) is 4.31 Å². The minimum absolute atomic E-state index is 0.148. The first-order valence-electron chi connectivity index (χ1n) is 10.8. The molecule has 1 amide bonds. The van der Waals surface area contributed by atoms with Gasteiger partial charge in [-0.1, -0.05) is 62.4 Å². The van der Waals surface area contributed by atoms with Gasteiger partial charge in [0.1, 0.15) is 6.54 Å². The Labute approximate surface area is 191 Å². The number of aryl methyl sites for hydroxylation is 2. The highest BCUT2D eigenvalue weighted by Crippen LogP contribution is 2.29. The van der Waals surface area contributed by atoms with Crippen LogP contribution in [0.25, 0.3) is 0 Å². The van der Waals surface area contributed by atoms with Gasteiger partial charge < -0.3 is 5.32 Å². The SMILES string of the molecule is CCCC[C@@H](CC)CNC(=O)CN(c1ccc(Cl)cc1C)S(=O)(=O)c1ccc(C)cc1. The Bertz CT molecular complexity index is 975. The summed E-state index contributed by atoms with van der Waals surface area (Å²) in [4.78, 5) is 12.9. The monoisotopic (exact) mass is 464 g/mol. The molecule has 31 heavy (non-hydrogen) atoms. The van der Waals surface area contributed by atoms with Gasteiger partial charge in [0.2, 0.25) is 5.91 Å². The van der Waals surface area contributed by atoms with Crippen molar-refractivity contribution in [2.75, 3.05) is 17.4 Å². The molecule has 5 nitrogen and oxygen atoms in total. The summed E-state index contributed by atoms with van der Waals surface area (Å²) in [6.07, 6.45) is 4.26. The highest BCUT2D eigenvalue weighted by atomic mass is 35.5. The van der Waals surface area contributed by atoms with Crippen LogP contribution in [0.2, 0.25) is 5.02 Å². The zero-order chi connectivity index (χ0) is 23.0. The van der Waals surface area contributed by atoms with Gasteiger partial charge in [0, 0.05) is 11.6 Å². The lowest BCUT2D eigenvalue weighted by Crippen LogP contribution is -2.42. The Kier molecular flexibility index (Phi) is 9.38. The topological polar surface area (TPSA) is 66.5 Å². The van der Waals surface area contributed by atoms with Crippen molar-refractivity contribution in [3.05, 3.63) is 58.6 Å². The van der Waals surface area contributed by atoms with Crippen molar-refractivity contribution in [1.29, 1.82) is 0 Å². The molecule has 0 unspecified atom stereocenters. The number of carbonyl (C=O) groups is 1. The summed E-state index contributed by atoms with van der Waals surface area (Å²) in [5, 5.41) is 3.45.